The first-order chi connectivity index (χ1) is 14.2. The molecule has 0 radical (unpaired) electrons. The molecule has 0 amide bonds. The molecule has 1 aliphatic rings. The van der Waals surface area contributed by atoms with E-state index in [-0.39, 0.29) is 9.13 Å². The Bertz CT molecular complexity index is 1040. The Balaban J connectivity index is 2.22. The van der Waals surface area contributed by atoms with Crippen molar-refractivity contribution in [3.05, 3.63) is 10.5 Å². The van der Waals surface area contributed by atoms with Gasteiger partial charge in [-0.1, -0.05) is 0 Å². The number of alkyl halides is 7. The van der Waals surface area contributed by atoms with Crippen molar-refractivity contribution in [2.45, 2.75) is 49.6 Å². The molecule has 4 N–H and O–H groups in total. The van der Waals surface area contributed by atoms with E-state index in [1.54, 1.807) is 0 Å². The van der Waals surface area contributed by atoms with Crippen LogP contribution in [0.4, 0.5) is 36.7 Å². The molecule has 0 aromatic carbocycles. The predicted octanol–water partition coefficient (Wildman–Crippen LogP) is 0.266. The number of aliphatic hydroxyl groups is 2. The second kappa shape index (κ2) is 7.49. The molecule has 3 heterocycles. The largest absolute Gasteiger partial charge is 0.479 e. The normalized spacial score (nSPS) is 25.9. The van der Waals surface area contributed by atoms with Crippen LogP contribution >= 0.6 is 0 Å². The number of nitrogen functional groups attached to an aromatic ring is 1. The van der Waals surface area contributed by atoms with Crippen LogP contribution < -0.4 is 16.2 Å². The average Bonchev–Trinajstić information content (AvgIpc) is 3.06. The molecule has 174 valence electrons. The molecule has 1 unspecified atom stereocenters. The van der Waals surface area contributed by atoms with E-state index in [0.717, 1.165) is 7.11 Å². The summed E-state index contributed by atoms with van der Waals surface area (Å²) in [6.45, 7) is -1.91. The summed E-state index contributed by atoms with van der Waals surface area (Å²) in [5, 5.41) is 19.3. The fourth-order valence-corrected chi connectivity index (χ4v) is 3.17. The lowest BCUT2D eigenvalue weighted by molar-refractivity contribution is -0.241. The van der Waals surface area contributed by atoms with Crippen LogP contribution in [0.15, 0.2) is 4.79 Å². The second-order valence-corrected chi connectivity index (χ2v) is 6.53. The molecule has 0 aliphatic carbocycles. The zero-order valence-corrected chi connectivity index (χ0v) is 15.2. The summed E-state index contributed by atoms with van der Waals surface area (Å²) < 4.78 is 101. The zero-order chi connectivity index (χ0) is 23.5. The molecule has 3 rings (SSSR count). The molecule has 2 aromatic heterocycles. The average molecular weight is 465 g/mol. The van der Waals surface area contributed by atoms with Gasteiger partial charge in [0.2, 0.25) is 11.8 Å². The Kier molecular flexibility index (Phi) is 5.56. The molecule has 5 atom stereocenters. The molecule has 0 saturated carbocycles. The predicted molar refractivity (Wildman–Crippen MR) is 85.7 cm³/mol. The van der Waals surface area contributed by atoms with Gasteiger partial charge in [-0.3, -0.25) is 4.57 Å². The number of aromatic nitrogens is 4. The summed E-state index contributed by atoms with van der Waals surface area (Å²) in [5.74, 6) is -1.21. The summed E-state index contributed by atoms with van der Waals surface area (Å²) in [5.41, 5.74) is 2.45. The van der Waals surface area contributed by atoms with E-state index in [2.05, 4.69) is 9.97 Å². The number of nitrogens with two attached hydrogens (primary N) is 1. The number of fused-ring (bicyclic) bond motifs is 1. The van der Waals surface area contributed by atoms with Gasteiger partial charge in [0.05, 0.1) is 7.11 Å². The SMILES string of the molecule is COc1nc(N)nc2c1n(CC(F)(F)F)c(=O)n2[C@@H]1O[C@H](C(O)C(F)(F)F)[C@H](F)[C@H]1O. The number of hydrogen-bond donors (Lipinski definition) is 3. The molecule has 1 saturated heterocycles. The van der Waals surface area contributed by atoms with Crippen LogP contribution in [-0.2, 0) is 11.3 Å². The maximum atomic E-state index is 14.3. The molecule has 17 heteroatoms. The van der Waals surface area contributed by atoms with E-state index < -0.39 is 78.3 Å². The van der Waals surface area contributed by atoms with Crippen LogP contribution in [0, 0.1) is 0 Å². The lowest BCUT2D eigenvalue weighted by Crippen LogP contribution is -2.44. The highest BCUT2D eigenvalue weighted by molar-refractivity contribution is 5.78. The smallest absolute Gasteiger partial charge is 0.417 e. The van der Waals surface area contributed by atoms with Crippen LogP contribution in [0.3, 0.4) is 0 Å². The molecular formula is C14H14F7N5O5. The molecule has 2 aromatic rings. The summed E-state index contributed by atoms with van der Waals surface area (Å²) >= 11 is 0. The number of anilines is 1. The van der Waals surface area contributed by atoms with E-state index >= 15 is 0 Å². The van der Waals surface area contributed by atoms with Gasteiger partial charge in [-0.25, -0.2) is 13.8 Å². The van der Waals surface area contributed by atoms with Gasteiger partial charge in [0.1, 0.15) is 18.8 Å². The molecule has 0 spiro atoms. The molecule has 1 fully saturated rings. The third kappa shape index (κ3) is 3.99. The zero-order valence-electron chi connectivity index (χ0n) is 15.2. The Morgan fingerprint density at radius 1 is 1.26 bits per heavy atom. The van der Waals surface area contributed by atoms with Crippen LogP contribution in [0.1, 0.15) is 6.23 Å². The van der Waals surface area contributed by atoms with Crippen molar-refractivity contribution in [1.82, 2.24) is 19.1 Å². The molecular weight excluding hydrogens is 451 g/mol. The molecule has 0 bridgehead atoms. The molecule has 1 aliphatic heterocycles. The van der Waals surface area contributed by atoms with Crippen molar-refractivity contribution in [2.24, 2.45) is 0 Å². The quantitative estimate of drug-likeness (QED) is 0.548. The Morgan fingerprint density at radius 3 is 2.39 bits per heavy atom. The van der Waals surface area contributed by atoms with Gasteiger partial charge in [-0.05, 0) is 0 Å². The van der Waals surface area contributed by atoms with Crippen LogP contribution in [0.2, 0.25) is 0 Å². The van der Waals surface area contributed by atoms with Gasteiger partial charge in [0, 0.05) is 0 Å². The van der Waals surface area contributed by atoms with Gasteiger partial charge in [0.15, 0.2) is 29.7 Å². The lowest BCUT2D eigenvalue weighted by atomic mass is 10.1. The first kappa shape index (κ1) is 23.0. The Labute approximate surface area is 166 Å². The van der Waals surface area contributed by atoms with E-state index in [9.17, 15) is 45.7 Å². The van der Waals surface area contributed by atoms with E-state index in [4.69, 9.17) is 15.2 Å². The van der Waals surface area contributed by atoms with Gasteiger partial charge < -0.3 is 25.4 Å². The van der Waals surface area contributed by atoms with Crippen LogP contribution in [0.5, 0.6) is 5.88 Å². The number of halogens is 7. The number of methoxy groups -OCH3 is 1. The van der Waals surface area contributed by atoms with Crippen LogP contribution in [-0.4, -0.2) is 73.3 Å². The third-order valence-corrected chi connectivity index (χ3v) is 4.45. The highest BCUT2D eigenvalue weighted by Crippen LogP contribution is 2.39. The van der Waals surface area contributed by atoms with Crippen molar-refractivity contribution in [3.63, 3.8) is 0 Å². The first-order valence-electron chi connectivity index (χ1n) is 8.28. The standard InChI is InChI=1S/C14H14F7N5O5/c1-30-9-4-8(23-11(22)24-9)26(12(29)25(4)2-13(16,17)18)10-5(27)3(15)6(31-10)7(28)14(19,20)21/h3,5-7,10,27-28H,2H2,1H3,(H2,22,23,24)/t3-,5-,6+,7?,10-/m1/s1. The lowest BCUT2D eigenvalue weighted by Gasteiger charge is -2.22. The van der Waals surface area contributed by atoms with E-state index in [1.165, 1.54) is 0 Å². The fraction of sp³-hybridized carbons (Fsp3) is 0.643. The van der Waals surface area contributed by atoms with Gasteiger partial charge in [-0.15, -0.1) is 0 Å². The summed E-state index contributed by atoms with van der Waals surface area (Å²) in [6, 6.07) is 0. The minimum absolute atomic E-state index is 0.0600. The third-order valence-electron chi connectivity index (χ3n) is 4.45. The number of rotatable bonds is 4. The number of aliphatic hydroxyl groups excluding tert-OH is 2. The second-order valence-electron chi connectivity index (χ2n) is 6.53. The Hall–Kier alpha value is -2.66. The summed E-state index contributed by atoms with van der Waals surface area (Å²) in [7, 11) is 0.981. The van der Waals surface area contributed by atoms with Crippen molar-refractivity contribution in [3.8, 4) is 5.88 Å². The van der Waals surface area contributed by atoms with Crippen molar-refractivity contribution in [2.75, 3.05) is 12.8 Å². The maximum Gasteiger partial charge on any atom is 0.417 e. The topological polar surface area (TPSA) is 138 Å². The highest BCUT2D eigenvalue weighted by Gasteiger charge is 2.56. The number of nitrogens with zero attached hydrogens (tertiary/aromatic N) is 4. The monoisotopic (exact) mass is 465 g/mol. The number of hydrogen-bond acceptors (Lipinski definition) is 8. The summed E-state index contributed by atoms with van der Waals surface area (Å²) in [6.07, 6.45) is -24.0. The van der Waals surface area contributed by atoms with Crippen molar-refractivity contribution >= 4 is 17.1 Å². The van der Waals surface area contributed by atoms with Crippen molar-refractivity contribution < 1.29 is 50.4 Å². The molecule has 31 heavy (non-hydrogen) atoms. The minimum atomic E-state index is -5.35. The van der Waals surface area contributed by atoms with E-state index in [0.29, 0.717) is 0 Å². The first-order valence-corrected chi connectivity index (χ1v) is 8.28. The molecule has 10 nitrogen and oxygen atoms in total. The van der Waals surface area contributed by atoms with Gasteiger partial charge in [-0.2, -0.15) is 36.3 Å². The van der Waals surface area contributed by atoms with Crippen molar-refractivity contribution in [1.29, 1.82) is 0 Å². The number of imidazole rings is 1. The van der Waals surface area contributed by atoms with Gasteiger partial charge >= 0.3 is 18.0 Å². The summed E-state index contributed by atoms with van der Waals surface area (Å²) in [4.78, 5) is 19.8. The highest BCUT2D eigenvalue weighted by atomic mass is 19.4. The number of ether oxygens (including phenoxy) is 2. The fourth-order valence-electron chi connectivity index (χ4n) is 3.17. The minimum Gasteiger partial charge on any atom is -0.479 e. The maximum absolute atomic E-state index is 14.3. The van der Waals surface area contributed by atoms with Gasteiger partial charge in [0.25, 0.3) is 0 Å². The van der Waals surface area contributed by atoms with E-state index in [1.807, 2.05) is 0 Å². The van der Waals surface area contributed by atoms with Crippen LogP contribution in [0.25, 0.3) is 11.2 Å². The Morgan fingerprint density at radius 2 is 1.87 bits per heavy atom.